The number of hydrogen-bond donors (Lipinski definition) is 2. The highest BCUT2D eigenvalue weighted by molar-refractivity contribution is 6.42. The molecular formula is C20H20Cl2N6O2. The van der Waals surface area contributed by atoms with Gasteiger partial charge in [-0.15, -0.1) is 5.11 Å². The molecular weight excluding hydrogens is 427 g/mol. The van der Waals surface area contributed by atoms with E-state index >= 15 is 0 Å². The minimum Gasteiger partial charge on any atom is -0.318 e. The third-order valence-electron chi connectivity index (χ3n) is 5.03. The molecule has 1 amide bonds. The molecule has 2 aromatic rings. The van der Waals surface area contributed by atoms with Crippen LogP contribution in [0.5, 0.6) is 0 Å². The summed E-state index contributed by atoms with van der Waals surface area (Å²) in [6.45, 7) is 1.82. The lowest BCUT2D eigenvalue weighted by Crippen LogP contribution is -2.28. The molecule has 0 unspecified atom stereocenters. The maximum Gasteiger partial charge on any atom is 0.284 e. The molecule has 1 aromatic carbocycles. The molecule has 156 valence electrons. The number of benzene rings is 1. The predicted octanol–water partition coefficient (Wildman–Crippen LogP) is 4.41. The third-order valence-corrected chi connectivity index (χ3v) is 5.76. The Kier molecular flexibility index (Phi) is 6.29. The van der Waals surface area contributed by atoms with Crippen LogP contribution in [0.25, 0.3) is 11.0 Å². The van der Waals surface area contributed by atoms with Crippen LogP contribution in [-0.4, -0.2) is 38.8 Å². The number of nitrogens with zero attached hydrogens (tertiary/aromatic N) is 5. The number of azo groups is 1. The number of imidazole rings is 1. The number of carbonyl (C=O) groups excluding carboxylic acids is 1. The van der Waals surface area contributed by atoms with E-state index in [-0.39, 0.29) is 12.5 Å². The van der Waals surface area contributed by atoms with Gasteiger partial charge >= 0.3 is 0 Å². The topological polar surface area (TPSA) is 95.1 Å². The Hall–Kier alpha value is -2.52. The fourth-order valence-corrected chi connectivity index (χ4v) is 3.86. The first-order chi connectivity index (χ1) is 14.5. The molecule has 2 aliphatic rings. The summed E-state index contributed by atoms with van der Waals surface area (Å²) in [5, 5.41) is 22.0. The number of nitrogens with one attached hydrogen (secondary N) is 1. The second-order valence-electron chi connectivity index (χ2n) is 7.09. The Balaban J connectivity index is 1.60. The van der Waals surface area contributed by atoms with E-state index in [1.165, 1.54) is 18.6 Å². The smallest absolute Gasteiger partial charge is 0.284 e. The number of hydrogen-bond acceptors (Lipinski definition) is 6. The van der Waals surface area contributed by atoms with Crippen LogP contribution in [0.4, 0.5) is 0 Å². The van der Waals surface area contributed by atoms with Crippen molar-refractivity contribution in [3.8, 4) is 0 Å². The molecule has 1 aromatic heterocycles. The molecule has 10 heteroatoms. The summed E-state index contributed by atoms with van der Waals surface area (Å²) in [7, 11) is 0. The number of aromatic nitrogens is 2. The molecule has 4 rings (SSSR count). The van der Waals surface area contributed by atoms with Gasteiger partial charge in [0.25, 0.3) is 5.91 Å². The lowest BCUT2D eigenvalue weighted by atomic mass is 9.97. The average molecular weight is 447 g/mol. The van der Waals surface area contributed by atoms with Crippen molar-refractivity contribution >= 4 is 40.1 Å². The molecule has 30 heavy (non-hydrogen) atoms. The van der Waals surface area contributed by atoms with Crippen molar-refractivity contribution < 1.29 is 10.0 Å². The summed E-state index contributed by atoms with van der Waals surface area (Å²) in [6.07, 6.45) is 9.54. The van der Waals surface area contributed by atoms with E-state index in [0.29, 0.717) is 21.1 Å². The SMILES string of the molecule is O=C(Cn1c(C2CCNCC2)nc2cc(Cl)c(Cl)cc21)N=NC=C1C=CN(O)C=C1. The van der Waals surface area contributed by atoms with Gasteiger partial charge in [-0.25, -0.2) is 10.0 Å². The van der Waals surface area contributed by atoms with Gasteiger partial charge in [-0.1, -0.05) is 23.2 Å². The second kappa shape index (κ2) is 9.09. The molecule has 3 heterocycles. The minimum absolute atomic E-state index is 0.0104. The van der Waals surface area contributed by atoms with Crippen molar-refractivity contribution in [2.75, 3.05) is 13.1 Å². The standard InChI is InChI=1S/C20H20Cl2N6O2/c21-15-9-17-18(10-16(15)22)28(20(25-17)14-1-5-23-6-2-14)12-19(29)26-24-11-13-3-7-27(30)8-4-13/h3-4,7-11,14,23,30H,1-2,5-6,12H2. The van der Waals surface area contributed by atoms with E-state index in [1.807, 2.05) is 4.57 Å². The van der Waals surface area contributed by atoms with Crippen LogP contribution in [0, 0.1) is 0 Å². The largest absolute Gasteiger partial charge is 0.318 e. The maximum atomic E-state index is 12.5. The van der Waals surface area contributed by atoms with Crippen LogP contribution in [0.1, 0.15) is 24.6 Å². The summed E-state index contributed by atoms with van der Waals surface area (Å²) >= 11 is 12.4. The molecule has 0 bridgehead atoms. The fourth-order valence-electron chi connectivity index (χ4n) is 3.54. The van der Waals surface area contributed by atoms with E-state index in [0.717, 1.165) is 42.3 Å². The summed E-state index contributed by atoms with van der Waals surface area (Å²) in [5.41, 5.74) is 2.17. The zero-order valence-electron chi connectivity index (χ0n) is 16.0. The van der Waals surface area contributed by atoms with Gasteiger partial charge in [0.1, 0.15) is 12.4 Å². The zero-order chi connectivity index (χ0) is 21.1. The van der Waals surface area contributed by atoms with E-state index in [9.17, 15) is 10.0 Å². The predicted molar refractivity (Wildman–Crippen MR) is 114 cm³/mol. The van der Waals surface area contributed by atoms with Gasteiger partial charge in [-0.2, -0.15) is 5.11 Å². The Morgan fingerprint density at radius 2 is 1.93 bits per heavy atom. The molecule has 0 atom stereocenters. The Bertz CT molecular complexity index is 1070. The van der Waals surface area contributed by atoms with Crippen LogP contribution >= 0.6 is 23.2 Å². The number of hydroxylamine groups is 2. The number of amides is 1. The number of carbonyl (C=O) groups is 1. The molecule has 2 N–H and O–H groups in total. The van der Waals surface area contributed by atoms with E-state index in [2.05, 4.69) is 15.5 Å². The quantitative estimate of drug-likeness (QED) is 0.678. The number of halogens is 2. The summed E-state index contributed by atoms with van der Waals surface area (Å²) in [6, 6.07) is 3.46. The van der Waals surface area contributed by atoms with Gasteiger partial charge < -0.3 is 9.88 Å². The highest BCUT2D eigenvalue weighted by atomic mass is 35.5. The van der Waals surface area contributed by atoms with Crippen LogP contribution in [0.2, 0.25) is 10.0 Å². The van der Waals surface area contributed by atoms with E-state index < -0.39 is 5.91 Å². The number of piperidine rings is 1. The van der Waals surface area contributed by atoms with Crippen molar-refractivity contribution in [2.24, 2.45) is 10.2 Å². The maximum absolute atomic E-state index is 12.5. The zero-order valence-corrected chi connectivity index (χ0v) is 17.5. The third kappa shape index (κ3) is 4.62. The summed E-state index contributed by atoms with van der Waals surface area (Å²) in [5.74, 6) is 0.676. The van der Waals surface area contributed by atoms with E-state index in [1.54, 1.807) is 24.3 Å². The van der Waals surface area contributed by atoms with Crippen molar-refractivity contribution in [1.82, 2.24) is 19.9 Å². The molecule has 0 radical (unpaired) electrons. The van der Waals surface area contributed by atoms with Crippen LogP contribution in [-0.2, 0) is 11.3 Å². The van der Waals surface area contributed by atoms with Crippen molar-refractivity contribution in [3.63, 3.8) is 0 Å². The first kappa shape index (κ1) is 20.7. The Morgan fingerprint density at radius 1 is 1.23 bits per heavy atom. The lowest BCUT2D eigenvalue weighted by molar-refractivity contribution is -0.118. The number of rotatable bonds is 4. The van der Waals surface area contributed by atoms with Gasteiger partial charge in [0, 0.05) is 18.3 Å². The average Bonchev–Trinajstić information content (AvgIpc) is 3.07. The van der Waals surface area contributed by atoms with Gasteiger partial charge in [0.15, 0.2) is 0 Å². The molecule has 0 aliphatic carbocycles. The normalized spacial score (nSPS) is 17.4. The summed E-state index contributed by atoms with van der Waals surface area (Å²) < 4.78 is 1.87. The number of fused-ring (bicyclic) bond motifs is 1. The van der Waals surface area contributed by atoms with Gasteiger partial charge in [0.05, 0.1) is 27.3 Å². The fraction of sp³-hybridized carbons (Fsp3) is 0.300. The molecule has 2 aliphatic heterocycles. The first-order valence-electron chi connectivity index (χ1n) is 9.54. The number of allylic oxidation sites excluding steroid dienone is 3. The van der Waals surface area contributed by atoms with E-state index in [4.69, 9.17) is 28.2 Å². The second-order valence-corrected chi connectivity index (χ2v) is 7.90. The van der Waals surface area contributed by atoms with Crippen molar-refractivity contribution in [2.45, 2.75) is 25.3 Å². The molecule has 1 saturated heterocycles. The highest BCUT2D eigenvalue weighted by Gasteiger charge is 2.24. The van der Waals surface area contributed by atoms with Gasteiger partial charge in [0.2, 0.25) is 0 Å². The van der Waals surface area contributed by atoms with Crippen LogP contribution in [0.15, 0.2) is 58.7 Å². The molecule has 0 saturated carbocycles. The van der Waals surface area contributed by atoms with Crippen molar-refractivity contribution in [1.29, 1.82) is 0 Å². The van der Waals surface area contributed by atoms with Crippen LogP contribution < -0.4 is 5.32 Å². The first-order valence-corrected chi connectivity index (χ1v) is 10.3. The van der Waals surface area contributed by atoms with Gasteiger partial charge in [-0.3, -0.25) is 10.0 Å². The van der Waals surface area contributed by atoms with Gasteiger partial charge in [-0.05, 0) is 55.8 Å². The molecule has 1 fully saturated rings. The van der Waals surface area contributed by atoms with Crippen molar-refractivity contribution in [3.05, 3.63) is 64.3 Å². The minimum atomic E-state index is -0.403. The molecule has 8 nitrogen and oxygen atoms in total. The lowest BCUT2D eigenvalue weighted by Gasteiger charge is -2.22. The monoisotopic (exact) mass is 446 g/mol. The highest BCUT2D eigenvalue weighted by Crippen LogP contribution is 2.32. The Morgan fingerprint density at radius 3 is 2.67 bits per heavy atom. The Labute approximate surface area is 183 Å². The van der Waals surface area contributed by atoms with Crippen LogP contribution in [0.3, 0.4) is 0 Å². The molecule has 0 spiro atoms. The summed E-state index contributed by atoms with van der Waals surface area (Å²) in [4.78, 5) is 17.3.